The Bertz CT molecular complexity index is 279. The van der Waals surface area contributed by atoms with E-state index < -0.39 is 0 Å². The molecule has 0 aromatic rings. The SMILES string of the molecule is CCCC1NC(=O)CN(CCCN(C)C)C1=O. The summed E-state index contributed by atoms with van der Waals surface area (Å²) in [5.41, 5.74) is 0. The normalized spacial score (nSPS) is 20.9. The summed E-state index contributed by atoms with van der Waals surface area (Å²) >= 11 is 0. The number of hydrogen-bond acceptors (Lipinski definition) is 3. The van der Waals surface area contributed by atoms with Crippen molar-refractivity contribution in [2.45, 2.75) is 32.2 Å². The number of nitrogens with zero attached hydrogens (tertiary/aromatic N) is 2. The highest BCUT2D eigenvalue weighted by Crippen LogP contribution is 2.08. The summed E-state index contributed by atoms with van der Waals surface area (Å²) in [6.45, 7) is 3.84. The molecule has 0 bridgehead atoms. The number of nitrogens with one attached hydrogen (secondary N) is 1. The van der Waals surface area contributed by atoms with Gasteiger partial charge in [0.25, 0.3) is 0 Å². The van der Waals surface area contributed by atoms with Crippen LogP contribution in [0, 0.1) is 0 Å². The predicted molar refractivity (Wildman–Crippen MR) is 66.6 cm³/mol. The van der Waals surface area contributed by atoms with Crippen LogP contribution < -0.4 is 5.32 Å². The van der Waals surface area contributed by atoms with Crippen LogP contribution in [-0.2, 0) is 9.59 Å². The molecule has 1 rings (SSSR count). The lowest BCUT2D eigenvalue weighted by Crippen LogP contribution is -2.58. The van der Waals surface area contributed by atoms with Crippen molar-refractivity contribution in [1.82, 2.24) is 15.1 Å². The quantitative estimate of drug-likeness (QED) is 0.716. The van der Waals surface area contributed by atoms with Crippen molar-refractivity contribution in [1.29, 1.82) is 0 Å². The van der Waals surface area contributed by atoms with Gasteiger partial charge in [-0.3, -0.25) is 9.59 Å². The smallest absolute Gasteiger partial charge is 0.245 e. The lowest BCUT2D eigenvalue weighted by Gasteiger charge is -2.32. The number of hydrogen-bond donors (Lipinski definition) is 1. The minimum atomic E-state index is -0.305. The average Bonchev–Trinajstić information content (AvgIpc) is 2.24. The Morgan fingerprint density at radius 1 is 1.41 bits per heavy atom. The Morgan fingerprint density at radius 3 is 2.71 bits per heavy atom. The van der Waals surface area contributed by atoms with Crippen molar-refractivity contribution in [3.05, 3.63) is 0 Å². The third-order valence-electron chi connectivity index (χ3n) is 2.89. The van der Waals surface area contributed by atoms with Crippen molar-refractivity contribution in [3.63, 3.8) is 0 Å². The van der Waals surface area contributed by atoms with E-state index in [4.69, 9.17) is 0 Å². The van der Waals surface area contributed by atoms with Crippen molar-refractivity contribution < 1.29 is 9.59 Å². The first-order chi connectivity index (χ1) is 8.04. The van der Waals surface area contributed by atoms with Gasteiger partial charge in [-0.1, -0.05) is 13.3 Å². The third-order valence-corrected chi connectivity index (χ3v) is 2.89. The molecule has 1 atom stereocenters. The van der Waals surface area contributed by atoms with Gasteiger partial charge in [-0.15, -0.1) is 0 Å². The number of piperazine rings is 1. The summed E-state index contributed by atoms with van der Waals surface area (Å²) < 4.78 is 0. The number of amides is 2. The zero-order valence-electron chi connectivity index (χ0n) is 11.0. The van der Waals surface area contributed by atoms with Crippen molar-refractivity contribution in [3.8, 4) is 0 Å². The molecule has 0 saturated carbocycles. The average molecular weight is 241 g/mol. The zero-order chi connectivity index (χ0) is 12.8. The Morgan fingerprint density at radius 2 is 2.12 bits per heavy atom. The van der Waals surface area contributed by atoms with Crippen LogP contribution in [0.1, 0.15) is 26.2 Å². The molecule has 5 nitrogen and oxygen atoms in total. The van der Waals surface area contributed by atoms with Gasteiger partial charge in [0, 0.05) is 6.54 Å². The highest BCUT2D eigenvalue weighted by molar-refractivity contribution is 5.94. The molecule has 1 unspecified atom stereocenters. The van der Waals surface area contributed by atoms with Gasteiger partial charge in [0.15, 0.2) is 0 Å². The standard InChI is InChI=1S/C12H23N3O2/c1-4-6-10-12(17)15(9-11(16)13-10)8-5-7-14(2)3/h10H,4-9H2,1-3H3,(H,13,16). The Kier molecular flexibility index (Phi) is 5.41. The first-order valence-corrected chi connectivity index (χ1v) is 6.27. The minimum Gasteiger partial charge on any atom is -0.343 e. The molecule has 1 N–H and O–H groups in total. The largest absolute Gasteiger partial charge is 0.343 e. The van der Waals surface area contributed by atoms with Gasteiger partial charge in [0.2, 0.25) is 11.8 Å². The highest BCUT2D eigenvalue weighted by atomic mass is 16.2. The molecule has 0 aliphatic carbocycles. The van der Waals surface area contributed by atoms with Crippen LogP contribution in [0.25, 0.3) is 0 Å². The summed E-state index contributed by atoms with van der Waals surface area (Å²) in [4.78, 5) is 27.3. The fourth-order valence-electron chi connectivity index (χ4n) is 2.02. The van der Waals surface area contributed by atoms with Gasteiger partial charge >= 0.3 is 0 Å². The highest BCUT2D eigenvalue weighted by Gasteiger charge is 2.31. The minimum absolute atomic E-state index is 0.0343. The van der Waals surface area contributed by atoms with E-state index in [9.17, 15) is 9.59 Å². The Balaban J connectivity index is 2.46. The third kappa shape index (κ3) is 4.34. The molecule has 2 amide bonds. The van der Waals surface area contributed by atoms with Gasteiger partial charge in [-0.2, -0.15) is 0 Å². The van der Waals surface area contributed by atoms with Crippen LogP contribution in [0.4, 0.5) is 0 Å². The van der Waals surface area contributed by atoms with E-state index in [0.717, 1.165) is 25.8 Å². The van der Waals surface area contributed by atoms with E-state index in [1.165, 1.54) is 0 Å². The van der Waals surface area contributed by atoms with Gasteiger partial charge in [0.1, 0.15) is 6.04 Å². The van der Waals surface area contributed by atoms with Gasteiger partial charge < -0.3 is 15.1 Å². The summed E-state index contributed by atoms with van der Waals surface area (Å²) in [6.07, 6.45) is 2.54. The van der Waals surface area contributed by atoms with Gasteiger partial charge in [-0.25, -0.2) is 0 Å². The molecule has 1 aliphatic heterocycles. The van der Waals surface area contributed by atoms with Crippen LogP contribution in [0.2, 0.25) is 0 Å². The Labute approximate surface area is 103 Å². The zero-order valence-corrected chi connectivity index (χ0v) is 11.0. The number of carbonyl (C=O) groups excluding carboxylic acids is 2. The first-order valence-electron chi connectivity index (χ1n) is 6.27. The van der Waals surface area contributed by atoms with E-state index in [2.05, 4.69) is 10.2 Å². The van der Waals surface area contributed by atoms with Gasteiger partial charge in [-0.05, 0) is 33.5 Å². The van der Waals surface area contributed by atoms with E-state index in [1.54, 1.807) is 4.90 Å². The molecule has 98 valence electrons. The van der Waals surface area contributed by atoms with Crippen molar-refractivity contribution >= 4 is 11.8 Å². The molecule has 0 aromatic heterocycles. The maximum absolute atomic E-state index is 12.0. The van der Waals surface area contributed by atoms with Crippen LogP contribution in [-0.4, -0.2) is 61.4 Å². The lowest BCUT2D eigenvalue weighted by molar-refractivity contribution is -0.144. The van der Waals surface area contributed by atoms with Crippen LogP contribution >= 0.6 is 0 Å². The van der Waals surface area contributed by atoms with E-state index in [0.29, 0.717) is 6.54 Å². The topological polar surface area (TPSA) is 52.7 Å². The molecule has 0 aromatic carbocycles. The molecule has 1 saturated heterocycles. The fraction of sp³-hybridized carbons (Fsp3) is 0.833. The maximum atomic E-state index is 12.0. The predicted octanol–water partition coefficient (Wildman–Crippen LogP) is 0.0652. The van der Waals surface area contributed by atoms with Crippen molar-refractivity contribution in [2.24, 2.45) is 0 Å². The first kappa shape index (κ1) is 14.0. The lowest BCUT2D eigenvalue weighted by atomic mass is 10.1. The van der Waals surface area contributed by atoms with Crippen LogP contribution in [0.3, 0.4) is 0 Å². The second kappa shape index (κ2) is 6.59. The second-order valence-corrected chi connectivity index (χ2v) is 4.83. The molecule has 17 heavy (non-hydrogen) atoms. The fourth-order valence-corrected chi connectivity index (χ4v) is 2.02. The number of rotatable bonds is 6. The van der Waals surface area contributed by atoms with E-state index >= 15 is 0 Å². The Hall–Kier alpha value is -1.10. The van der Waals surface area contributed by atoms with Gasteiger partial charge in [0.05, 0.1) is 6.54 Å². The molecule has 5 heteroatoms. The van der Waals surface area contributed by atoms with Crippen molar-refractivity contribution in [2.75, 3.05) is 33.7 Å². The molecule has 0 spiro atoms. The van der Waals surface area contributed by atoms with Crippen LogP contribution in [0.15, 0.2) is 0 Å². The summed E-state index contributed by atoms with van der Waals surface area (Å²) in [5, 5.41) is 2.76. The van der Waals surface area contributed by atoms with E-state index in [1.807, 2.05) is 21.0 Å². The monoisotopic (exact) mass is 241 g/mol. The molecular formula is C12H23N3O2. The molecule has 1 aliphatic rings. The molecule has 1 fully saturated rings. The maximum Gasteiger partial charge on any atom is 0.245 e. The van der Waals surface area contributed by atoms with Crippen LogP contribution in [0.5, 0.6) is 0 Å². The molecule has 1 heterocycles. The summed E-state index contributed by atoms with van der Waals surface area (Å²) in [5.74, 6) is 0.0399. The number of carbonyl (C=O) groups is 2. The van der Waals surface area contributed by atoms with E-state index in [-0.39, 0.29) is 24.4 Å². The molecular weight excluding hydrogens is 218 g/mol. The summed E-state index contributed by atoms with van der Waals surface area (Å²) in [6, 6.07) is -0.305. The second-order valence-electron chi connectivity index (χ2n) is 4.83. The summed E-state index contributed by atoms with van der Waals surface area (Å²) in [7, 11) is 4.01. The molecule has 0 radical (unpaired) electrons.